The summed E-state index contributed by atoms with van der Waals surface area (Å²) in [5, 5.41) is 9.99. The molecule has 0 unspecified atom stereocenters. The molecule has 0 bridgehead atoms. The second-order valence-electron chi connectivity index (χ2n) is 5.18. The van der Waals surface area contributed by atoms with Gasteiger partial charge in [-0.1, -0.05) is 42.4 Å². The highest BCUT2D eigenvalue weighted by Gasteiger charge is 2.10. The van der Waals surface area contributed by atoms with E-state index in [1.165, 1.54) is 0 Å². The number of carbonyl (C=O) groups excluding carboxylic acids is 1. The van der Waals surface area contributed by atoms with Crippen LogP contribution in [-0.2, 0) is 13.0 Å². The number of hydrogen-bond acceptors (Lipinski definition) is 5. The van der Waals surface area contributed by atoms with E-state index >= 15 is 0 Å². The van der Waals surface area contributed by atoms with E-state index in [0.717, 1.165) is 12.1 Å². The van der Waals surface area contributed by atoms with Crippen molar-refractivity contribution in [3.8, 4) is 0 Å². The summed E-state index contributed by atoms with van der Waals surface area (Å²) in [7, 11) is 0. The zero-order chi connectivity index (χ0) is 16.8. The zero-order valence-corrected chi connectivity index (χ0v) is 13.3. The van der Waals surface area contributed by atoms with Crippen LogP contribution in [0.5, 0.6) is 0 Å². The van der Waals surface area contributed by atoms with Gasteiger partial charge in [0.05, 0.1) is 17.9 Å². The molecule has 2 aromatic carbocycles. The van der Waals surface area contributed by atoms with Crippen LogP contribution < -0.4 is 10.6 Å². The molecule has 0 spiro atoms. The lowest BCUT2D eigenvalue weighted by Gasteiger charge is -2.12. The Bertz CT molecular complexity index is 815. The molecular weight excluding hydrogens is 304 g/mol. The molecular formula is C18H18N4O2. The predicted molar refractivity (Wildman–Crippen MR) is 91.8 cm³/mol. The lowest BCUT2D eigenvalue weighted by Crippen LogP contribution is -2.13. The molecule has 0 fully saturated rings. The Labute approximate surface area is 139 Å². The van der Waals surface area contributed by atoms with Crippen molar-refractivity contribution in [3.63, 3.8) is 0 Å². The maximum Gasteiger partial charge on any atom is 0.255 e. The summed E-state index contributed by atoms with van der Waals surface area (Å²) < 4.78 is 5.16. The summed E-state index contributed by atoms with van der Waals surface area (Å²) in [6, 6.07) is 16.6. The molecule has 1 amide bonds. The van der Waals surface area contributed by atoms with Gasteiger partial charge in [0.2, 0.25) is 5.89 Å². The van der Waals surface area contributed by atoms with Gasteiger partial charge in [-0.15, -0.1) is 0 Å². The average Bonchev–Trinajstić information content (AvgIpc) is 3.10. The molecule has 0 aliphatic carbocycles. The minimum absolute atomic E-state index is 0.157. The first kappa shape index (κ1) is 15.7. The molecule has 0 saturated heterocycles. The summed E-state index contributed by atoms with van der Waals surface area (Å²) in [5.74, 6) is 1.03. The summed E-state index contributed by atoms with van der Waals surface area (Å²) in [6.07, 6.45) is 0.729. The third-order valence-corrected chi connectivity index (χ3v) is 3.47. The number of anilines is 2. The molecule has 6 nitrogen and oxygen atoms in total. The summed E-state index contributed by atoms with van der Waals surface area (Å²) in [4.78, 5) is 16.6. The van der Waals surface area contributed by atoms with Crippen molar-refractivity contribution in [2.45, 2.75) is 19.9 Å². The summed E-state index contributed by atoms with van der Waals surface area (Å²) in [6.45, 7) is 2.36. The fourth-order valence-corrected chi connectivity index (χ4v) is 2.21. The Morgan fingerprint density at radius 3 is 2.46 bits per heavy atom. The van der Waals surface area contributed by atoms with Gasteiger partial charge >= 0.3 is 0 Å². The highest BCUT2D eigenvalue weighted by atomic mass is 16.5. The van der Waals surface area contributed by atoms with Crippen molar-refractivity contribution in [2.24, 2.45) is 0 Å². The van der Waals surface area contributed by atoms with Gasteiger partial charge in [0.1, 0.15) is 0 Å². The SMILES string of the molecule is CCc1noc(CNc2ccccc2NC(=O)c2ccccc2)n1. The minimum Gasteiger partial charge on any atom is -0.374 e. The number of aryl methyl sites for hydroxylation is 1. The Hall–Kier alpha value is -3.15. The molecule has 1 heterocycles. The van der Waals surface area contributed by atoms with E-state index in [-0.39, 0.29) is 5.91 Å². The molecule has 0 atom stereocenters. The first-order chi connectivity index (χ1) is 11.8. The van der Waals surface area contributed by atoms with Crippen LogP contribution in [0.25, 0.3) is 0 Å². The van der Waals surface area contributed by atoms with Gasteiger partial charge in [-0.2, -0.15) is 4.98 Å². The van der Waals surface area contributed by atoms with E-state index in [1.807, 2.05) is 49.4 Å². The number of benzene rings is 2. The molecule has 2 N–H and O–H groups in total. The van der Waals surface area contributed by atoms with E-state index in [4.69, 9.17) is 4.52 Å². The number of amides is 1. The molecule has 122 valence electrons. The van der Waals surface area contributed by atoms with Gasteiger partial charge in [-0.25, -0.2) is 0 Å². The quantitative estimate of drug-likeness (QED) is 0.726. The first-order valence-corrected chi connectivity index (χ1v) is 7.77. The van der Waals surface area contributed by atoms with Crippen LogP contribution >= 0.6 is 0 Å². The van der Waals surface area contributed by atoms with Crippen molar-refractivity contribution in [2.75, 3.05) is 10.6 Å². The van der Waals surface area contributed by atoms with Gasteiger partial charge in [0.15, 0.2) is 5.82 Å². The number of hydrogen-bond donors (Lipinski definition) is 2. The smallest absolute Gasteiger partial charge is 0.255 e. The van der Waals surface area contributed by atoms with Crippen LogP contribution in [0.2, 0.25) is 0 Å². The number of carbonyl (C=O) groups is 1. The molecule has 0 saturated carbocycles. The summed E-state index contributed by atoms with van der Waals surface area (Å²) in [5.41, 5.74) is 2.09. The van der Waals surface area contributed by atoms with Crippen LogP contribution in [-0.4, -0.2) is 16.0 Å². The summed E-state index contributed by atoms with van der Waals surface area (Å²) >= 11 is 0. The molecule has 1 aromatic heterocycles. The normalized spacial score (nSPS) is 10.4. The van der Waals surface area contributed by atoms with Gasteiger partial charge in [-0.05, 0) is 24.3 Å². The van der Waals surface area contributed by atoms with Crippen LogP contribution in [0.4, 0.5) is 11.4 Å². The topological polar surface area (TPSA) is 80.0 Å². The van der Waals surface area contributed by atoms with E-state index in [1.54, 1.807) is 12.1 Å². The average molecular weight is 322 g/mol. The van der Waals surface area contributed by atoms with Crippen molar-refractivity contribution in [1.82, 2.24) is 10.1 Å². The lowest BCUT2D eigenvalue weighted by molar-refractivity contribution is 0.102. The van der Waals surface area contributed by atoms with Crippen LogP contribution in [0, 0.1) is 0 Å². The van der Waals surface area contributed by atoms with E-state index in [9.17, 15) is 4.79 Å². The zero-order valence-electron chi connectivity index (χ0n) is 13.3. The van der Waals surface area contributed by atoms with Crippen molar-refractivity contribution in [1.29, 1.82) is 0 Å². The highest BCUT2D eigenvalue weighted by Crippen LogP contribution is 2.22. The Kier molecular flexibility index (Phi) is 4.86. The maximum atomic E-state index is 12.3. The lowest BCUT2D eigenvalue weighted by atomic mass is 10.2. The van der Waals surface area contributed by atoms with Crippen molar-refractivity contribution in [3.05, 3.63) is 71.9 Å². The van der Waals surface area contributed by atoms with Gasteiger partial charge in [0, 0.05) is 12.0 Å². The highest BCUT2D eigenvalue weighted by molar-refractivity contribution is 6.05. The fraction of sp³-hybridized carbons (Fsp3) is 0.167. The molecule has 6 heteroatoms. The second-order valence-corrected chi connectivity index (χ2v) is 5.18. The van der Waals surface area contributed by atoms with Crippen LogP contribution in [0.15, 0.2) is 59.1 Å². The van der Waals surface area contributed by atoms with Gasteiger partial charge in [-0.3, -0.25) is 4.79 Å². The standard InChI is InChI=1S/C18H18N4O2/c1-2-16-21-17(24-22-16)12-19-14-10-6-7-11-15(14)20-18(23)13-8-4-3-5-9-13/h3-11,19H,2,12H2,1H3,(H,20,23). The number of nitrogens with zero attached hydrogens (tertiary/aromatic N) is 2. The van der Waals surface area contributed by atoms with Crippen LogP contribution in [0.1, 0.15) is 29.0 Å². The Morgan fingerprint density at radius 2 is 1.75 bits per heavy atom. The van der Waals surface area contributed by atoms with Crippen molar-refractivity contribution < 1.29 is 9.32 Å². The number of para-hydroxylation sites is 2. The second kappa shape index (κ2) is 7.41. The number of nitrogens with one attached hydrogen (secondary N) is 2. The van der Waals surface area contributed by atoms with Crippen LogP contribution in [0.3, 0.4) is 0 Å². The first-order valence-electron chi connectivity index (χ1n) is 7.77. The predicted octanol–water partition coefficient (Wildman–Crippen LogP) is 3.50. The molecule has 3 aromatic rings. The van der Waals surface area contributed by atoms with E-state index < -0.39 is 0 Å². The molecule has 0 aliphatic heterocycles. The maximum absolute atomic E-state index is 12.3. The van der Waals surface area contributed by atoms with E-state index in [0.29, 0.717) is 29.5 Å². The van der Waals surface area contributed by atoms with Gasteiger partial charge < -0.3 is 15.2 Å². The van der Waals surface area contributed by atoms with Gasteiger partial charge in [0.25, 0.3) is 5.91 Å². The third kappa shape index (κ3) is 3.78. The molecule has 0 radical (unpaired) electrons. The number of aromatic nitrogens is 2. The van der Waals surface area contributed by atoms with E-state index in [2.05, 4.69) is 20.8 Å². The fourth-order valence-electron chi connectivity index (χ4n) is 2.21. The third-order valence-electron chi connectivity index (χ3n) is 3.47. The monoisotopic (exact) mass is 322 g/mol. The molecule has 3 rings (SSSR count). The Balaban J connectivity index is 1.69. The minimum atomic E-state index is -0.157. The molecule has 24 heavy (non-hydrogen) atoms. The number of rotatable bonds is 6. The van der Waals surface area contributed by atoms with Crippen molar-refractivity contribution >= 4 is 17.3 Å². The molecule has 0 aliphatic rings. The largest absolute Gasteiger partial charge is 0.374 e. The Morgan fingerprint density at radius 1 is 1.04 bits per heavy atom.